The average Bonchev–Trinajstić information content (AvgIpc) is 2.98. The van der Waals surface area contributed by atoms with Gasteiger partial charge in [-0.3, -0.25) is 14.4 Å². The number of carbonyl (C=O) groups is 2. The van der Waals surface area contributed by atoms with Gasteiger partial charge >= 0.3 is 0 Å². The van der Waals surface area contributed by atoms with Crippen molar-refractivity contribution in [2.75, 3.05) is 39.8 Å². The third-order valence-corrected chi connectivity index (χ3v) is 6.15. The zero-order chi connectivity index (χ0) is 22.1. The molecule has 0 spiro atoms. The molecule has 1 saturated heterocycles. The van der Waals surface area contributed by atoms with Crippen molar-refractivity contribution in [1.82, 2.24) is 19.7 Å². The molecule has 0 radical (unpaired) electrons. The number of benzene rings is 1. The first-order valence-electron chi connectivity index (χ1n) is 10.6. The third-order valence-electron chi connectivity index (χ3n) is 6.15. The number of aromatic amines is 1. The monoisotopic (exact) mass is 426 g/mol. The smallest absolute Gasteiger partial charge is 0.261 e. The number of aromatic nitrogens is 1. The van der Waals surface area contributed by atoms with Crippen LogP contribution < -0.4 is 5.56 Å². The second-order valence-corrected chi connectivity index (χ2v) is 8.41. The van der Waals surface area contributed by atoms with Gasteiger partial charge in [0.05, 0.1) is 5.56 Å². The van der Waals surface area contributed by atoms with Crippen molar-refractivity contribution in [3.05, 3.63) is 68.4 Å². The summed E-state index contributed by atoms with van der Waals surface area (Å²) >= 11 is 0. The molecule has 7 nitrogen and oxygen atoms in total. The Morgan fingerprint density at radius 1 is 1.03 bits per heavy atom. The van der Waals surface area contributed by atoms with E-state index in [1.54, 1.807) is 28.1 Å². The first kappa shape index (κ1) is 21.2. The lowest BCUT2D eigenvalue weighted by Gasteiger charge is -2.30. The molecule has 4 rings (SSSR count). The number of pyridine rings is 1. The number of aryl methyl sites for hydroxylation is 1. The van der Waals surface area contributed by atoms with Gasteiger partial charge in [0.15, 0.2) is 0 Å². The number of rotatable bonds is 2. The van der Waals surface area contributed by atoms with Crippen LogP contribution in [0.1, 0.15) is 43.8 Å². The Morgan fingerprint density at radius 3 is 2.65 bits per heavy atom. The van der Waals surface area contributed by atoms with Crippen LogP contribution in [0, 0.1) is 12.7 Å². The van der Waals surface area contributed by atoms with Gasteiger partial charge in [0.2, 0.25) is 0 Å². The van der Waals surface area contributed by atoms with E-state index >= 15 is 0 Å². The Hall–Kier alpha value is -3.00. The molecule has 2 aromatic rings. The van der Waals surface area contributed by atoms with Crippen molar-refractivity contribution < 1.29 is 14.0 Å². The van der Waals surface area contributed by atoms with E-state index in [1.165, 1.54) is 6.07 Å². The van der Waals surface area contributed by atoms with Crippen LogP contribution >= 0.6 is 0 Å². The Morgan fingerprint density at radius 2 is 1.84 bits per heavy atom. The molecule has 164 valence electrons. The molecule has 0 aliphatic carbocycles. The summed E-state index contributed by atoms with van der Waals surface area (Å²) in [5.41, 5.74) is 2.05. The molecule has 0 unspecified atom stereocenters. The number of nitrogens with zero attached hydrogens (tertiary/aromatic N) is 3. The number of halogens is 1. The molecule has 0 saturated carbocycles. The molecule has 1 aromatic carbocycles. The molecular formula is C23H27FN4O3. The van der Waals surface area contributed by atoms with Crippen molar-refractivity contribution in [1.29, 1.82) is 0 Å². The van der Waals surface area contributed by atoms with Gasteiger partial charge in [-0.25, -0.2) is 4.39 Å². The van der Waals surface area contributed by atoms with Crippen LogP contribution in [-0.4, -0.2) is 71.3 Å². The first-order chi connectivity index (χ1) is 14.8. The second-order valence-electron chi connectivity index (χ2n) is 8.41. The van der Waals surface area contributed by atoms with E-state index in [-0.39, 0.29) is 29.5 Å². The maximum absolute atomic E-state index is 14.2. The van der Waals surface area contributed by atoms with Gasteiger partial charge in [-0.15, -0.1) is 0 Å². The van der Waals surface area contributed by atoms with Gasteiger partial charge in [-0.1, -0.05) is 11.6 Å². The summed E-state index contributed by atoms with van der Waals surface area (Å²) < 4.78 is 14.2. The van der Waals surface area contributed by atoms with E-state index in [9.17, 15) is 18.8 Å². The molecule has 2 aliphatic rings. The van der Waals surface area contributed by atoms with Gasteiger partial charge in [0.25, 0.3) is 17.4 Å². The molecule has 1 fully saturated rings. The summed E-state index contributed by atoms with van der Waals surface area (Å²) in [6.07, 6.45) is 2.81. The van der Waals surface area contributed by atoms with E-state index in [1.807, 2.05) is 14.0 Å². The van der Waals surface area contributed by atoms with Crippen LogP contribution in [0.2, 0.25) is 0 Å². The first-order valence-corrected chi connectivity index (χ1v) is 10.6. The number of amides is 2. The Labute approximate surface area is 180 Å². The highest BCUT2D eigenvalue weighted by Crippen LogP contribution is 2.24. The molecule has 3 heterocycles. The van der Waals surface area contributed by atoms with E-state index in [2.05, 4.69) is 9.88 Å². The normalized spacial score (nSPS) is 17.3. The fourth-order valence-corrected chi connectivity index (χ4v) is 4.35. The van der Waals surface area contributed by atoms with Crippen molar-refractivity contribution in [2.24, 2.45) is 0 Å². The largest absolute Gasteiger partial charge is 0.337 e. The van der Waals surface area contributed by atoms with E-state index < -0.39 is 11.4 Å². The van der Waals surface area contributed by atoms with Crippen LogP contribution in [0.4, 0.5) is 4.39 Å². The summed E-state index contributed by atoms with van der Waals surface area (Å²) in [4.78, 5) is 46.9. The topological polar surface area (TPSA) is 76.7 Å². The number of fused-ring (bicyclic) bond motifs is 1. The molecule has 8 heteroatoms. The SMILES string of the molecule is Cc1ccc(F)c(C(=O)N2CCc3c(c[nH]c(=O)c3C(=O)N3CCCN(C)CC3)C2)c1. The van der Waals surface area contributed by atoms with E-state index in [0.29, 0.717) is 31.6 Å². The molecule has 0 bridgehead atoms. The van der Waals surface area contributed by atoms with Gasteiger partial charge in [0.1, 0.15) is 11.4 Å². The van der Waals surface area contributed by atoms with Crippen LogP contribution in [0.15, 0.2) is 29.2 Å². The molecule has 31 heavy (non-hydrogen) atoms. The summed E-state index contributed by atoms with van der Waals surface area (Å²) in [5.74, 6) is -1.19. The molecule has 1 aromatic heterocycles. The van der Waals surface area contributed by atoms with Gasteiger partial charge in [0, 0.05) is 38.9 Å². The molecule has 2 amide bonds. The fourth-order valence-electron chi connectivity index (χ4n) is 4.35. The lowest BCUT2D eigenvalue weighted by molar-refractivity contribution is 0.0727. The number of H-pyrrole nitrogens is 1. The summed E-state index contributed by atoms with van der Waals surface area (Å²) in [6.45, 7) is 5.24. The highest BCUT2D eigenvalue weighted by Gasteiger charge is 2.30. The summed E-state index contributed by atoms with van der Waals surface area (Å²) in [6, 6.07) is 4.47. The van der Waals surface area contributed by atoms with Gasteiger partial charge in [-0.05, 0) is 56.6 Å². The summed E-state index contributed by atoms with van der Waals surface area (Å²) in [5, 5.41) is 0. The minimum absolute atomic E-state index is 0.0397. The van der Waals surface area contributed by atoms with Crippen LogP contribution in [0.25, 0.3) is 0 Å². The standard InChI is InChI=1S/C23H27FN4O3/c1-15-4-5-19(24)18(12-15)22(30)28-9-6-17-16(14-28)13-25-21(29)20(17)23(31)27-8-3-7-26(2)10-11-27/h4-5,12-13H,3,6-11,14H2,1-2H3,(H,25,29). The lowest BCUT2D eigenvalue weighted by Crippen LogP contribution is -2.42. The molecule has 2 aliphatic heterocycles. The predicted molar refractivity (Wildman–Crippen MR) is 115 cm³/mol. The number of likely N-dealkylation sites (N-methyl/N-ethyl adjacent to an activating group) is 1. The maximum atomic E-state index is 14.2. The van der Waals surface area contributed by atoms with E-state index in [4.69, 9.17) is 0 Å². The highest BCUT2D eigenvalue weighted by molar-refractivity contribution is 5.97. The van der Waals surface area contributed by atoms with Crippen molar-refractivity contribution in [2.45, 2.75) is 26.3 Å². The van der Waals surface area contributed by atoms with Crippen LogP contribution in [0.3, 0.4) is 0 Å². The van der Waals surface area contributed by atoms with Gasteiger partial charge in [-0.2, -0.15) is 0 Å². The molecule has 0 atom stereocenters. The fraction of sp³-hybridized carbons (Fsp3) is 0.435. The van der Waals surface area contributed by atoms with Crippen LogP contribution in [0.5, 0.6) is 0 Å². The number of hydrogen-bond donors (Lipinski definition) is 1. The zero-order valence-corrected chi connectivity index (χ0v) is 17.9. The maximum Gasteiger partial charge on any atom is 0.261 e. The highest BCUT2D eigenvalue weighted by atomic mass is 19.1. The zero-order valence-electron chi connectivity index (χ0n) is 17.9. The predicted octanol–water partition coefficient (Wildman–Crippen LogP) is 1.80. The quantitative estimate of drug-likeness (QED) is 0.795. The lowest BCUT2D eigenvalue weighted by atomic mass is 9.95. The Kier molecular flexibility index (Phi) is 5.91. The van der Waals surface area contributed by atoms with Crippen molar-refractivity contribution in [3.8, 4) is 0 Å². The van der Waals surface area contributed by atoms with Gasteiger partial charge < -0.3 is 19.7 Å². The minimum Gasteiger partial charge on any atom is -0.337 e. The van der Waals surface area contributed by atoms with E-state index in [0.717, 1.165) is 30.6 Å². The Balaban J connectivity index is 1.60. The number of hydrogen-bond acceptors (Lipinski definition) is 4. The summed E-state index contributed by atoms with van der Waals surface area (Å²) in [7, 11) is 2.02. The number of nitrogens with one attached hydrogen (secondary N) is 1. The third kappa shape index (κ3) is 4.25. The Bertz CT molecular complexity index is 1080. The van der Waals surface area contributed by atoms with Crippen molar-refractivity contribution >= 4 is 11.8 Å². The average molecular weight is 426 g/mol. The molecular weight excluding hydrogens is 399 g/mol. The van der Waals surface area contributed by atoms with Crippen molar-refractivity contribution in [3.63, 3.8) is 0 Å². The number of carbonyl (C=O) groups excluding carboxylic acids is 2. The molecule has 1 N–H and O–H groups in total. The van der Waals surface area contributed by atoms with Crippen LogP contribution in [-0.2, 0) is 13.0 Å². The second kappa shape index (κ2) is 8.63. The minimum atomic E-state index is -0.551.